The highest BCUT2D eigenvalue weighted by molar-refractivity contribution is 5.91. The molecule has 0 amide bonds. The fourth-order valence-corrected chi connectivity index (χ4v) is 1.66. The first-order valence-electron chi connectivity index (χ1n) is 4.69. The van der Waals surface area contributed by atoms with Gasteiger partial charge < -0.3 is 5.11 Å². The van der Waals surface area contributed by atoms with Crippen molar-refractivity contribution in [2.75, 3.05) is 0 Å². The van der Waals surface area contributed by atoms with E-state index in [4.69, 9.17) is 0 Å². The molecule has 0 aliphatic rings. The predicted octanol–water partition coefficient (Wildman–Crippen LogP) is 2.37. The molecule has 2 aromatic rings. The first-order valence-corrected chi connectivity index (χ1v) is 4.69. The van der Waals surface area contributed by atoms with Crippen LogP contribution in [0.5, 0.6) is 5.75 Å². The van der Waals surface area contributed by atoms with Crippen molar-refractivity contribution in [2.24, 2.45) is 0 Å². The number of carbonyl (C=O) groups excluding carboxylic acids is 1. The van der Waals surface area contributed by atoms with Gasteiger partial charge in [-0.3, -0.25) is 4.79 Å². The highest BCUT2D eigenvalue weighted by Gasteiger charge is 2.09. The number of benzene rings is 1. The molecule has 0 spiro atoms. The minimum Gasteiger partial charge on any atom is -0.506 e. The molecule has 0 fully saturated rings. The molecule has 76 valence electrons. The molecule has 1 N–H and O–H groups in total. The number of aryl methyl sites for hydroxylation is 1. The quantitative estimate of drug-likeness (QED) is 0.720. The van der Waals surface area contributed by atoms with Crippen LogP contribution in [0.4, 0.5) is 0 Å². The zero-order valence-corrected chi connectivity index (χ0v) is 8.61. The standard InChI is InChI=1S/C12H11NO2/c1-7-8(2)10(6-14)13-12-9(7)4-3-5-11(12)15/h3-6,15H,1-2H3. The largest absolute Gasteiger partial charge is 0.506 e. The van der Waals surface area contributed by atoms with Crippen LogP contribution in [0, 0.1) is 13.8 Å². The van der Waals surface area contributed by atoms with Gasteiger partial charge in [0.2, 0.25) is 0 Å². The molecule has 1 aromatic heterocycles. The maximum atomic E-state index is 10.8. The average Bonchev–Trinajstić information content (AvgIpc) is 2.24. The van der Waals surface area contributed by atoms with E-state index in [-0.39, 0.29) is 5.75 Å². The lowest BCUT2D eigenvalue weighted by Gasteiger charge is -2.08. The molecule has 0 saturated heterocycles. The Kier molecular flexibility index (Phi) is 2.15. The predicted molar refractivity (Wildman–Crippen MR) is 58.3 cm³/mol. The van der Waals surface area contributed by atoms with E-state index in [2.05, 4.69) is 4.98 Å². The first-order chi connectivity index (χ1) is 7.15. The molecule has 2 rings (SSSR count). The van der Waals surface area contributed by atoms with E-state index in [9.17, 15) is 9.90 Å². The van der Waals surface area contributed by atoms with Crippen LogP contribution in [-0.2, 0) is 0 Å². The summed E-state index contributed by atoms with van der Waals surface area (Å²) >= 11 is 0. The van der Waals surface area contributed by atoms with Crippen molar-refractivity contribution >= 4 is 17.2 Å². The number of phenolic OH excluding ortho intramolecular Hbond substituents is 1. The lowest BCUT2D eigenvalue weighted by Crippen LogP contribution is -1.97. The Hall–Kier alpha value is -1.90. The molecule has 3 nitrogen and oxygen atoms in total. The van der Waals surface area contributed by atoms with Crippen molar-refractivity contribution in [2.45, 2.75) is 13.8 Å². The third kappa shape index (κ3) is 1.36. The number of fused-ring (bicyclic) bond motifs is 1. The molecule has 1 heterocycles. The van der Waals surface area contributed by atoms with Gasteiger partial charge in [-0.15, -0.1) is 0 Å². The van der Waals surface area contributed by atoms with E-state index in [0.29, 0.717) is 17.5 Å². The van der Waals surface area contributed by atoms with Gasteiger partial charge in [-0.1, -0.05) is 12.1 Å². The normalized spacial score (nSPS) is 10.5. The Balaban J connectivity index is 2.97. The van der Waals surface area contributed by atoms with Gasteiger partial charge in [0.15, 0.2) is 6.29 Å². The van der Waals surface area contributed by atoms with Crippen LogP contribution >= 0.6 is 0 Å². The maximum Gasteiger partial charge on any atom is 0.168 e. The van der Waals surface area contributed by atoms with Crippen LogP contribution in [0.3, 0.4) is 0 Å². The Morgan fingerprint density at radius 3 is 2.67 bits per heavy atom. The van der Waals surface area contributed by atoms with Crippen LogP contribution < -0.4 is 0 Å². The molecule has 0 radical (unpaired) electrons. The first kappa shape index (κ1) is 9.65. The zero-order valence-electron chi connectivity index (χ0n) is 8.61. The Morgan fingerprint density at radius 2 is 2.00 bits per heavy atom. The Bertz CT molecular complexity index is 547. The second kappa shape index (κ2) is 3.35. The van der Waals surface area contributed by atoms with Crippen LogP contribution in [0.1, 0.15) is 21.6 Å². The van der Waals surface area contributed by atoms with Gasteiger partial charge in [0, 0.05) is 5.39 Å². The van der Waals surface area contributed by atoms with Crippen LogP contribution in [0.25, 0.3) is 10.9 Å². The van der Waals surface area contributed by atoms with Gasteiger partial charge in [0.1, 0.15) is 17.0 Å². The SMILES string of the molecule is Cc1c(C=O)nc2c(O)cccc2c1C. The number of carbonyl (C=O) groups is 1. The van der Waals surface area contributed by atoms with E-state index in [0.717, 1.165) is 16.5 Å². The summed E-state index contributed by atoms with van der Waals surface area (Å²) in [5.41, 5.74) is 2.73. The molecule has 0 aliphatic carbocycles. The van der Waals surface area contributed by atoms with Crippen molar-refractivity contribution in [1.82, 2.24) is 4.98 Å². The number of aromatic hydroxyl groups is 1. The van der Waals surface area contributed by atoms with Gasteiger partial charge >= 0.3 is 0 Å². The van der Waals surface area contributed by atoms with E-state index in [1.165, 1.54) is 0 Å². The average molecular weight is 201 g/mol. The van der Waals surface area contributed by atoms with Gasteiger partial charge in [-0.2, -0.15) is 0 Å². The third-order valence-electron chi connectivity index (χ3n) is 2.71. The summed E-state index contributed by atoms with van der Waals surface area (Å²) < 4.78 is 0. The second-order valence-electron chi connectivity index (χ2n) is 3.54. The molecule has 1 aromatic carbocycles. The van der Waals surface area contributed by atoms with Crippen molar-refractivity contribution < 1.29 is 9.90 Å². The lowest BCUT2D eigenvalue weighted by atomic mass is 10.0. The van der Waals surface area contributed by atoms with Crippen molar-refractivity contribution in [1.29, 1.82) is 0 Å². The highest BCUT2D eigenvalue weighted by atomic mass is 16.3. The topological polar surface area (TPSA) is 50.2 Å². The van der Waals surface area contributed by atoms with E-state index >= 15 is 0 Å². The van der Waals surface area contributed by atoms with Gasteiger partial charge in [0.05, 0.1) is 0 Å². The molecule has 0 unspecified atom stereocenters. The monoisotopic (exact) mass is 201 g/mol. The molecule has 0 atom stereocenters. The number of aldehydes is 1. The molecular formula is C12H11NO2. The number of hydrogen-bond donors (Lipinski definition) is 1. The van der Waals surface area contributed by atoms with Crippen molar-refractivity contribution in [3.63, 3.8) is 0 Å². The van der Waals surface area contributed by atoms with E-state index in [1.807, 2.05) is 19.9 Å². The number of hydrogen-bond acceptors (Lipinski definition) is 3. The molecule has 15 heavy (non-hydrogen) atoms. The summed E-state index contributed by atoms with van der Waals surface area (Å²) in [6.45, 7) is 3.78. The van der Waals surface area contributed by atoms with Crippen molar-refractivity contribution in [3.05, 3.63) is 35.0 Å². The number of pyridine rings is 1. The van der Waals surface area contributed by atoms with E-state index in [1.54, 1.807) is 12.1 Å². The summed E-state index contributed by atoms with van der Waals surface area (Å²) in [5, 5.41) is 10.5. The van der Waals surface area contributed by atoms with Crippen LogP contribution in [0.2, 0.25) is 0 Å². The third-order valence-corrected chi connectivity index (χ3v) is 2.71. The minimum absolute atomic E-state index is 0.110. The molecule has 0 saturated carbocycles. The summed E-state index contributed by atoms with van der Waals surface area (Å²) in [6.07, 6.45) is 0.716. The summed E-state index contributed by atoms with van der Waals surface area (Å²) in [6, 6.07) is 5.23. The van der Waals surface area contributed by atoms with Crippen molar-refractivity contribution in [3.8, 4) is 5.75 Å². The minimum atomic E-state index is 0.110. The van der Waals surface area contributed by atoms with Crippen LogP contribution in [-0.4, -0.2) is 16.4 Å². The lowest BCUT2D eigenvalue weighted by molar-refractivity contribution is 0.111. The van der Waals surface area contributed by atoms with Crippen LogP contribution in [0.15, 0.2) is 18.2 Å². The summed E-state index contributed by atoms with van der Waals surface area (Å²) in [4.78, 5) is 14.9. The highest BCUT2D eigenvalue weighted by Crippen LogP contribution is 2.27. The zero-order chi connectivity index (χ0) is 11.0. The molecular weight excluding hydrogens is 190 g/mol. The molecule has 0 bridgehead atoms. The van der Waals surface area contributed by atoms with Gasteiger partial charge in [-0.25, -0.2) is 4.98 Å². The summed E-state index contributed by atoms with van der Waals surface area (Å²) in [5.74, 6) is 0.110. The number of aromatic nitrogens is 1. The molecule has 0 aliphatic heterocycles. The Morgan fingerprint density at radius 1 is 1.27 bits per heavy atom. The van der Waals surface area contributed by atoms with E-state index < -0.39 is 0 Å². The smallest absolute Gasteiger partial charge is 0.168 e. The Labute approximate surface area is 87.4 Å². The fourth-order valence-electron chi connectivity index (χ4n) is 1.66. The number of para-hydroxylation sites is 1. The molecule has 3 heteroatoms. The number of nitrogens with zero attached hydrogens (tertiary/aromatic N) is 1. The van der Waals surface area contributed by atoms with Gasteiger partial charge in [0.25, 0.3) is 0 Å². The number of phenols is 1. The summed E-state index contributed by atoms with van der Waals surface area (Å²) in [7, 11) is 0. The maximum absolute atomic E-state index is 10.8. The van der Waals surface area contributed by atoms with Gasteiger partial charge in [-0.05, 0) is 31.0 Å². The second-order valence-corrected chi connectivity index (χ2v) is 3.54. The number of rotatable bonds is 1. The fraction of sp³-hybridized carbons (Fsp3) is 0.167.